The van der Waals surface area contributed by atoms with Crippen LogP contribution in [0.25, 0.3) is 0 Å². The van der Waals surface area contributed by atoms with Gasteiger partial charge in [0.25, 0.3) is 0 Å². The van der Waals surface area contributed by atoms with E-state index in [0.717, 1.165) is 11.5 Å². The van der Waals surface area contributed by atoms with Crippen LogP contribution in [-0.2, 0) is 11.3 Å². The highest BCUT2D eigenvalue weighted by Crippen LogP contribution is 2.19. The first-order chi connectivity index (χ1) is 14.0. The molecular formula is C19H27F3IN5O3. The molecule has 2 aliphatic heterocycles. The minimum atomic E-state index is -4.40. The summed E-state index contributed by atoms with van der Waals surface area (Å²) in [6.07, 6.45) is -3.25. The van der Waals surface area contributed by atoms with Crippen molar-refractivity contribution >= 4 is 36.0 Å². The normalized spacial score (nSPS) is 18.6. The van der Waals surface area contributed by atoms with Crippen molar-refractivity contribution in [1.82, 2.24) is 20.1 Å². The number of amides is 1. The van der Waals surface area contributed by atoms with Gasteiger partial charge in [0.15, 0.2) is 12.6 Å². The summed E-state index contributed by atoms with van der Waals surface area (Å²) in [5, 5.41) is 3.24. The largest absolute Gasteiger partial charge is 0.468 e. The predicted octanol–water partition coefficient (Wildman–Crippen LogP) is 3.02. The van der Waals surface area contributed by atoms with Crippen LogP contribution in [0.4, 0.5) is 18.0 Å². The van der Waals surface area contributed by atoms with Gasteiger partial charge in [0.1, 0.15) is 5.60 Å². The van der Waals surface area contributed by atoms with Gasteiger partial charge in [0.05, 0.1) is 12.6 Å². The van der Waals surface area contributed by atoms with Gasteiger partial charge >= 0.3 is 12.3 Å². The fraction of sp³-hybridized carbons (Fsp3) is 0.632. The molecule has 1 saturated heterocycles. The molecular weight excluding hydrogens is 530 g/mol. The molecule has 1 atom stereocenters. The van der Waals surface area contributed by atoms with Crippen LogP contribution in [0.1, 0.15) is 26.3 Å². The number of ether oxygens (including phenoxy) is 2. The number of alkyl halides is 3. The van der Waals surface area contributed by atoms with Gasteiger partial charge in [-0.1, -0.05) is 6.07 Å². The van der Waals surface area contributed by atoms with Crippen LogP contribution < -0.4 is 10.1 Å². The van der Waals surface area contributed by atoms with E-state index in [1.54, 1.807) is 11.0 Å². The van der Waals surface area contributed by atoms with E-state index in [4.69, 9.17) is 4.74 Å². The average Bonchev–Trinajstić information content (AvgIpc) is 3.06. The number of carbonyl (C=O) groups is 1. The number of rotatable bonds is 4. The Morgan fingerprint density at radius 1 is 1.26 bits per heavy atom. The molecule has 2 aliphatic rings. The topological polar surface area (TPSA) is 79.3 Å². The van der Waals surface area contributed by atoms with E-state index < -0.39 is 18.4 Å². The lowest BCUT2D eigenvalue weighted by molar-refractivity contribution is -0.154. The number of guanidine groups is 1. The van der Waals surface area contributed by atoms with Crippen molar-refractivity contribution in [3.63, 3.8) is 0 Å². The number of hydrogen-bond acceptors (Lipinski definition) is 7. The van der Waals surface area contributed by atoms with Gasteiger partial charge < -0.3 is 24.6 Å². The third-order valence-corrected chi connectivity index (χ3v) is 4.49. The maximum absolute atomic E-state index is 12.3. The van der Waals surface area contributed by atoms with Crippen molar-refractivity contribution in [1.29, 1.82) is 0 Å². The predicted molar refractivity (Wildman–Crippen MR) is 119 cm³/mol. The van der Waals surface area contributed by atoms with Gasteiger partial charge in [-0.05, 0) is 26.3 Å². The van der Waals surface area contributed by atoms with Crippen LogP contribution in [0, 0.1) is 0 Å². The van der Waals surface area contributed by atoms with Gasteiger partial charge in [0.2, 0.25) is 5.88 Å². The molecule has 1 aromatic heterocycles. The maximum Gasteiger partial charge on any atom is 0.422 e. The average molecular weight is 557 g/mol. The zero-order valence-corrected chi connectivity index (χ0v) is 19.9. The Balaban J connectivity index is 0.00000341. The van der Waals surface area contributed by atoms with Gasteiger partial charge in [-0.15, -0.1) is 24.0 Å². The minimum Gasteiger partial charge on any atom is -0.468 e. The fourth-order valence-electron chi connectivity index (χ4n) is 3.16. The molecule has 1 unspecified atom stereocenters. The molecule has 31 heavy (non-hydrogen) atoms. The highest BCUT2D eigenvalue weighted by atomic mass is 127. The SMILES string of the molecule is CC(C)(C)OC(=O)N1CCN2C(NCc3ccc(OCC(F)(F)F)nc3)=NCC2C1.I. The summed E-state index contributed by atoms with van der Waals surface area (Å²) in [5.41, 5.74) is 0.252. The number of nitrogens with zero attached hydrogens (tertiary/aromatic N) is 4. The third kappa shape index (κ3) is 7.58. The zero-order chi connectivity index (χ0) is 21.9. The van der Waals surface area contributed by atoms with Crippen LogP contribution in [0.15, 0.2) is 23.3 Å². The molecule has 12 heteroatoms. The molecule has 1 aromatic rings. The van der Waals surface area contributed by atoms with E-state index in [9.17, 15) is 18.0 Å². The third-order valence-electron chi connectivity index (χ3n) is 4.49. The number of halogens is 4. The second kappa shape index (κ2) is 10.1. The number of pyridine rings is 1. The van der Waals surface area contributed by atoms with Crippen LogP contribution >= 0.6 is 24.0 Å². The first-order valence-electron chi connectivity index (χ1n) is 9.67. The van der Waals surface area contributed by atoms with Gasteiger partial charge in [-0.2, -0.15) is 13.2 Å². The zero-order valence-electron chi connectivity index (χ0n) is 17.6. The van der Waals surface area contributed by atoms with E-state index in [1.807, 2.05) is 20.8 Å². The molecule has 1 N–H and O–H groups in total. The number of nitrogens with one attached hydrogen (secondary N) is 1. The summed E-state index contributed by atoms with van der Waals surface area (Å²) in [5.74, 6) is 0.661. The first-order valence-corrected chi connectivity index (χ1v) is 9.67. The van der Waals surface area contributed by atoms with Crippen LogP contribution in [0.2, 0.25) is 0 Å². The lowest BCUT2D eigenvalue weighted by Gasteiger charge is -2.39. The van der Waals surface area contributed by atoms with E-state index >= 15 is 0 Å². The van der Waals surface area contributed by atoms with Gasteiger partial charge in [0, 0.05) is 38.4 Å². The van der Waals surface area contributed by atoms with Crippen LogP contribution in [0.3, 0.4) is 0 Å². The van der Waals surface area contributed by atoms with Gasteiger partial charge in [-0.25, -0.2) is 9.78 Å². The van der Waals surface area contributed by atoms with E-state index in [2.05, 4.69) is 24.9 Å². The Kier molecular flexibility index (Phi) is 8.22. The summed E-state index contributed by atoms with van der Waals surface area (Å²) in [6, 6.07) is 3.14. The number of fused-ring (bicyclic) bond motifs is 1. The van der Waals surface area contributed by atoms with Crippen molar-refractivity contribution < 1.29 is 27.4 Å². The van der Waals surface area contributed by atoms with E-state index in [1.165, 1.54) is 12.3 Å². The minimum absolute atomic E-state index is 0. The fourth-order valence-corrected chi connectivity index (χ4v) is 3.16. The number of carbonyl (C=O) groups excluding carboxylic acids is 1. The monoisotopic (exact) mass is 557 g/mol. The van der Waals surface area contributed by atoms with Crippen LogP contribution in [0.5, 0.6) is 5.88 Å². The van der Waals surface area contributed by atoms with Gasteiger partial charge in [-0.3, -0.25) is 4.99 Å². The quantitative estimate of drug-likeness (QED) is 0.574. The Bertz CT molecular complexity index is 783. The second-order valence-corrected chi connectivity index (χ2v) is 8.20. The molecule has 3 rings (SSSR count). The van der Waals surface area contributed by atoms with Crippen molar-refractivity contribution in [2.24, 2.45) is 4.99 Å². The smallest absolute Gasteiger partial charge is 0.422 e. The standard InChI is InChI=1S/C19H26F3N5O3.HI/c1-18(2,3)30-17(28)26-6-7-27-14(11-26)10-25-16(27)24-9-13-4-5-15(23-8-13)29-12-19(20,21)22;/h4-5,8,14H,6-7,9-12H2,1-3H3,(H,24,25);1H. The highest BCUT2D eigenvalue weighted by Gasteiger charge is 2.36. The summed E-state index contributed by atoms with van der Waals surface area (Å²) in [7, 11) is 0. The number of aliphatic imine (C=N–C) groups is 1. The second-order valence-electron chi connectivity index (χ2n) is 8.20. The Hall–Kier alpha value is -1.99. The lowest BCUT2D eigenvalue weighted by Crippen LogP contribution is -2.57. The molecule has 1 amide bonds. The van der Waals surface area contributed by atoms with Crippen molar-refractivity contribution in [3.05, 3.63) is 23.9 Å². The lowest BCUT2D eigenvalue weighted by atomic mass is 10.2. The first kappa shape index (κ1) is 25.3. The Labute approximate surface area is 196 Å². The van der Waals surface area contributed by atoms with Crippen molar-refractivity contribution in [2.75, 3.05) is 32.8 Å². The van der Waals surface area contributed by atoms with Crippen LogP contribution in [-0.4, -0.2) is 77.4 Å². The highest BCUT2D eigenvalue weighted by molar-refractivity contribution is 14.0. The molecule has 0 saturated carbocycles. The molecule has 0 spiro atoms. The van der Waals surface area contributed by atoms with E-state index in [0.29, 0.717) is 32.7 Å². The van der Waals surface area contributed by atoms with Crippen molar-refractivity contribution in [3.8, 4) is 5.88 Å². The Morgan fingerprint density at radius 3 is 2.61 bits per heavy atom. The molecule has 0 radical (unpaired) electrons. The molecule has 3 heterocycles. The van der Waals surface area contributed by atoms with Crippen molar-refractivity contribution in [2.45, 2.75) is 45.1 Å². The summed E-state index contributed by atoms with van der Waals surface area (Å²) in [4.78, 5) is 24.5. The molecule has 8 nitrogen and oxygen atoms in total. The summed E-state index contributed by atoms with van der Waals surface area (Å²) in [6.45, 7) is 6.86. The maximum atomic E-state index is 12.3. The Morgan fingerprint density at radius 2 is 2.00 bits per heavy atom. The number of piperazine rings is 1. The molecule has 1 fully saturated rings. The summed E-state index contributed by atoms with van der Waals surface area (Å²) < 4.78 is 46.6. The molecule has 0 aliphatic carbocycles. The molecule has 0 aromatic carbocycles. The summed E-state index contributed by atoms with van der Waals surface area (Å²) >= 11 is 0. The van der Waals surface area contributed by atoms with E-state index in [-0.39, 0.29) is 42.0 Å². The number of aromatic nitrogens is 1. The molecule has 0 bridgehead atoms. The molecule has 174 valence electrons. The number of hydrogen-bond donors (Lipinski definition) is 1.